The number of rotatable bonds is 7. The molecule has 5 aromatic rings. The van der Waals surface area contributed by atoms with Gasteiger partial charge in [-0.25, -0.2) is 0 Å². The molecule has 1 heterocycles. The Morgan fingerprint density at radius 1 is 0.697 bits per heavy atom. The SMILES string of the molecule is C[Si@@](O[C@H](Cc1ccccn1)c1ccccc1)(c1ccccc1)c1cccc2ccccc12. The number of hydrogen-bond donors (Lipinski definition) is 0. The Bertz CT molecular complexity index is 1320. The van der Waals surface area contributed by atoms with Gasteiger partial charge in [0, 0.05) is 18.3 Å². The molecule has 3 heteroatoms. The molecule has 0 amide bonds. The fourth-order valence-electron chi connectivity index (χ4n) is 4.57. The molecule has 0 saturated carbocycles. The van der Waals surface area contributed by atoms with E-state index >= 15 is 0 Å². The van der Waals surface area contributed by atoms with Crippen molar-refractivity contribution in [3.05, 3.63) is 139 Å². The molecule has 162 valence electrons. The first kappa shape index (κ1) is 21.3. The first-order valence-corrected chi connectivity index (χ1v) is 13.8. The van der Waals surface area contributed by atoms with Crippen LogP contribution in [-0.4, -0.2) is 13.3 Å². The van der Waals surface area contributed by atoms with Gasteiger partial charge in [0.2, 0.25) is 0 Å². The molecule has 0 spiro atoms. The van der Waals surface area contributed by atoms with Crippen molar-refractivity contribution in [2.45, 2.75) is 19.1 Å². The molecule has 4 aromatic carbocycles. The maximum Gasteiger partial charge on any atom is 0.254 e. The van der Waals surface area contributed by atoms with Gasteiger partial charge >= 0.3 is 0 Å². The van der Waals surface area contributed by atoms with E-state index in [0.29, 0.717) is 0 Å². The first-order chi connectivity index (χ1) is 16.2. The van der Waals surface area contributed by atoms with Crippen LogP contribution in [0.5, 0.6) is 0 Å². The zero-order valence-electron chi connectivity index (χ0n) is 18.8. The Labute approximate surface area is 196 Å². The van der Waals surface area contributed by atoms with Gasteiger partial charge in [0.15, 0.2) is 0 Å². The monoisotopic (exact) mass is 445 g/mol. The van der Waals surface area contributed by atoms with E-state index in [1.165, 1.54) is 26.7 Å². The molecule has 33 heavy (non-hydrogen) atoms. The van der Waals surface area contributed by atoms with Crippen molar-refractivity contribution in [2.75, 3.05) is 0 Å². The lowest BCUT2D eigenvalue weighted by Gasteiger charge is -2.34. The van der Waals surface area contributed by atoms with Crippen molar-refractivity contribution in [2.24, 2.45) is 0 Å². The van der Waals surface area contributed by atoms with Crippen LogP contribution in [0.2, 0.25) is 6.55 Å². The van der Waals surface area contributed by atoms with Crippen molar-refractivity contribution in [3.8, 4) is 0 Å². The maximum absolute atomic E-state index is 7.31. The predicted molar refractivity (Wildman–Crippen MR) is 139 cm³/mol. The summed E-state index contributed by atoms with van der Waals surface area (Å²) in [5.74, 6) is 0. The predicted octanol–water partition coefficient (Wildman–Crippen LogP) is 5.92. The Hall–Kier alpha value is -3.53. The summed E-state index contributed by atoms with van der Waals surface area (Å²) in [6.07, 6.45) is 2.48. The van der Waals surface area contributed by atoms with Crippen LogP contribution in [0, 0.1) is 0 Å². The van der Waals surface area contributed by atoms with Crippen LogP contribution in [0.1, 0.15) is 17.4 Å². The molecule has 2 nitrogen and oxygen atoms in total. The van der Waals surface area contributed by atoms with Gasteiger partial charge in [0.1, 0.15) is 0 Å². The summed E-state index contributed by atoms with van der Waals surface area (Å²) < 4.78 is 7.31. The molecular weight excluding hydrogens is 418 g/mol. The van der Waals surface area contributed by atoms with E-state index in [0.717, 1.165) is 12.1 Å². The van der Waals surface area contributed by atoms with E-state index in [1.54, 1.807) is 0 Å². The van der Waals surface area contributed by atoms with Crippen molar-refractivity contribution in [3.63, 3.8) is 0 Å². The van der Waals surface area contributed by atoms with Crippen molar-refractivity contribution in [1.29, 1.82) is 0 Å². The fourth-order valence-corrected chi connectivity index (χ4v) is 7.92. The molecule has 0 bridgehead atoms. The van der Waals surface area contributed by atoms with Crippen LogP contribution in [0.3, 0.4) is 0 Å². The molecule has 1 aromatic heterocycles. The summed E-state index contributed by atoms with van der Waals surface area (Å²) in [6, 6.07) is 42.6. The van der Waals surface area contributed by atoms with Crippen LogP contribution in [0.4, 0.5) is 0 Å². The number of pyridine rings is 1. The topological polar surface area (TPSA) is 22.1 Å². The molecule has 0 radical (unpaired) electrons. The Morgan fingerprint density at radius 3 is 2.12 bits per heavy atom. The highest BCUT2D eigenvalue weighted by molar-refractivity contribution is 6.98. The molecule has 0 aliphatic heterocycles. The molecule has 5 rings (SSSR count). The molecule has 0 N–H and O–H groups in total. The standard InChI is InChI=1S/C30H27NOSi/c1-33(27-18-6-3-7-19-27,30-21-12-16-24-13-8-9-20-28(24)30)32-29(25-14-4-2-5-15-25)23-26-17-10-11-22-31-26/h2-22,29H,23H2,1H3/t29-,33-/m1/s1. The van der Waals surface area contributed by atoms with E-state index in [1.807, 2.05) is 18.3 Å². The number of fused-ring (bicyclic) bond motifs is 1. The summed E-state index contributed by atoms with van der Waals surface area (Å²) >= 11 is 0. The van der Waals surface area contributed by atoms with Gasteiger partial charge in [0.25, 0.3) is 8.32 Å². The molecule has 0 aliphatic rings. The summed E-state index contributed by atoms with van der Waals surface area (Å²) in [6.45, 7) is 2.33. The van der Waals surface area contributed by atoms with Gasteiger partial charge in [-0.2, -0.15) is 0 Å². The minimum absolute atomic E-state index is 0.100. The highest BCUT2D eigenvalue weighted by Gasteiger charge is 2.38. The van der Waals surface area contributed by atoms with Crippen LogP contribution in [-0.2, 0) is 10.8 Å². The van der Waals surface area contributed by atoms with Crippen molar-refractivity contribution < 1.29 is 4.43 Å². The van der Waals surface area contributed by atoms with E-state index in [4.69, 9.17) is 4.43 Å². The minimum atomic E-state index is -2.59. The van der Waals surface area contributed by atoms with Gasteiger partial charge in [-0.15, -0.1) is 0 Å². The second-order valence-corrected chi connectivity index (χ2v) is 11.9. The van der Waals surface area contributed by atoms with Crippen molar-refractivity contribution in [1.82, 2.24) is 4.98 Å². The zero-order chi connectivity index (χ0) is 22.5. The molecule has 0 fully saturated rings. The quantitative estimate of drug-likeness (QED) is 0.290. The first-order valence-electron chi connectivity index (χ1n) is 11.4. The lowest BCUT2D eigenvalue weighted by atomic mass is 10.0. The fraction of sp³-hybridized carbons (Fsp3) is 0.100. The Balaban J connectivity index is 1.66. The van der Waals surface area contributed by atoms with E-state index in [9.17, 15) is 0 Å². The smallest absolute Gasteiger partial charge is 0.254 e. The van der Waals surface area contributed by atoms with Gasteiger partial charge < -0.3 is 4.43 Å². The van der Waals surface area contributed by atoms with E-state index in [-0.39, 0.29) is 6.10 Å². The summed E-state index contributed by atoms with van der Waals surface area (Å²) in [5, 5.41) is 5.08. The lowest BCUT2D eigenvalue weighted by molar-refractivity contribution is 0.203. The van der Waals surface area contributed by atoms with Gasteiger partial charge in [0.05, 0.1) is 6.10 Å². The average Bonchev–Trinajstić information content (AvgIpc) is 2.89. The highest BCUT2D eigenvalue weighted by atomic mass is 28.4. The molecule has 0 unspecified atom stereocenters. The molecular formula is C30H27NOSi. The van der Waals surface area contributed by atoms with Gasteiger partial charge in [-0.3, -0.25) is 4.98 Å². The normalized spacial score (nSPS) is 14.0. The highest BCUT2D eigenvalue weighted by Crippen LogP contribution is 2.27. The van der Waals surface area contributed by atoms with E-state index < -0.39 is 8.32 Å². The number of aromatic nitrogens is 1. The second kappa shape index (κ2) is 9.53. The average molecular weight is 446 g/mol. The Kier molecular flexibility index (Phi) is 6.16. The zero-order valence-corrected chi connectivity index (χ0v) is 19.8. The third kappa shape index (κ3) is 4.51. The van der Waals surface area contributed by atoms with Crippen LogP contribution >= 0.6 is 0 Å². The summed E-state index contributed by atoms with van der Waals surface area (Å²) in [7, 11) is -2.59. The Morgan fingerprint density at radius 2 is 1.36 bits per heavy atom. The largest absolute Gasteiger partial charge is 0.401 e. The lowest BCUT2D eigenvalue weighted by Crippen LogP contribution is -2.59. The summed E-state index contributed by atoms with van der Waals surface area (Å²) in [4.78, 5) is 4.60. The molecule has 0 aliphatic carbocycles. The second-order valence-electron chi connectivity index (χ2n) is 8.47. The van der Waals surface area contributed by atoms with Crippen molar-refractivity contribution >= 4 is 29.5 Å². The van der Waals surface area contributed by atoms with Gasteiger partial charge in [-0.05, 0) is 45.4 Å². The summed E-state index contributed by atoms with van der Waals surface area (Å²) in [5.41, 5.74) is 2.21. The third-order valence-electron chi connectivity index (χ3n) is 6.30. The van der Waals surface area contributed by atoms with Gasteiger partial charge in [-0.1, -0.05) is 109 Å². The number of benzene rings is 4. The van der Waals surface area contributed by atoms with Crippen LogP contribution in [0.25, 0.3) is 10.8 Å². The minimum Gasteiger partial charge on any atom is -0.401 e. The van der Waals surface area contributed by atoms with E-state index in [2.05, 4.69) is 121 Å². The number of hydrogen-bond acceptors (Lipinski definition) is 2. The number of nitrogens with zero attached hydrogens (tertiary/aromatic N) is 1. The maximum atomic E-state index is 7.31. The van der Waals surface area contributed by atoms with Crippen LogP contribution < -0.4 is 10.4 Å². The molecule has 2 atom stereocenters. The van der Waals surface area contributed by atoms with Crippen LogP contribution in [0.15, 0.2) is 128 Å². The third-order valence-corrected chi connectivity index (χ3v) is 9.95. The molecule has 0 saturated heterocycles.